The van der Waals surface area contributed by atoms with Crippen molar-refractivity contribution in [3.8, 4) is 23.0 Å². The molecule has 31 heavy (non-hydrogen) atoms. The first-order chi connectivity index (χ1) is 14.7. The van der Waals surface area contributed by atoms with Crippen LogP contribution in [0.4, 0.5) is 5.82 Å². The van der Waals surface area contributed by atoms with Crippen LogP contribution in [0.1, 0.15) is 11.3 Å². The van der Waals surface area contributed by atoms with Crippen LogP contribution in [-0.2, 0) is 20.4 Å². The standard InChI is InChI=1S/C20H24N2O8S/c1-27-14-9-17(29-3)15(18(10-14)30-4)7-8-31(25,26)12-13-5-6-16(28-2)20(22-13)21-11-19(23)24/h5-10H,11-12H2,1-4H3,(H,21,22)(H,23,24)/b8-7+. The van der Waals surface area contributed by atoms with Crippen LogP contribution in [0.3, 0.4) is 0 Å². The van der Waals surface area contributed by atoms with Crippen LogP contribution in [0.5, 0.6) is 23.0 Å². The number of sulfone groups is 1. The van der Waals surface area contributed by atoms with Gasteiger partial charge >= 0.3 is 5.97 Å². The van der Waals surface area contributed by atoms with Crippen LogP contribution >= 0.6 is 0 Å². The summed E-state index contributed by atoms with van der Waals surface area (Å²) in [6.07, 6.45) is 1.37. The van der Waals surface area contributed by atoms with E-state index < -0.39 is 28.1 Å². The second-order valence-corrected chi connectivity index (χ2v) is 8.04. The van der Waals surface area contributed by atoms with E-state index in [-0.39, 0.29) is 11.5 Å². The van der Waals surface area contributed by atoms with Gasteiger partial charge in [0.15, 0.2) is 21.4 Å². The highest BCUT2D eigenvalue weighted by Gasteiger charge is 2.15. The summed E-state index contributed by atoms with van der Waals surface area (Å²) in [4.78, 5) is 15.0. The maximum atomic E-state index is 12.6. The molecule has 10 nitrogen and oxygen atoms in total. The summed E-state index contributed by atoms with van der Waals surface area (Å²) in [5.41, 5.74) is 0.646. The Bertz CT molecular complexity index is 1040. The third-order valence-corrected chi connectivity index (χ3v) is 5.34. The van der Waals surface area contributed by atoms with Gasteiger partial charge in [-0.15, -0.1) is 0 Å². The Morgan fingerprint density at radius 2 is 1.65 bits per heavy atom. The highest BCUT2D eigenvalue weighted by Crippen LogP contribution is 2.35. The van der Waals surface area contributed by atoms with Gasteiger partial charge in [0.05, 0.1) is 45.4 Å². The molecule has 0 aliphatic rings. The van der Waals surface area contributed by atoms with Crippen molar-refractivity contribution in [2.45, 2.75) is 5.75 Å². The second kappa shape index (κ2) is 10.5. The van der Waals surface area contributed by atoms with E-state index in [4.69, 9.17) is 24.1 Å². The molecular formula is C20H24N2O8S. The quantitative estimate of drug-likeness (QED) is 0.523. The van der Waals surface area contributed by atoms with Crippen LogP contribution in [-0.4, -0.2) is 59.5 Å². The average molecular weight is 452 g/mol. The van der Waals surface area contributed by atoms with Crippen LogP contribution in [0.25, 0.3) is 6.08 Å². The SMILES string of the molecule is COc1cc(OC)c(/C=C/S(=O)(=O)Cc2ccc(OC)c(NCC(=O)O)n2)c(OC)c1. The van der Waals surface area contributed by atoms with Crippen LogP contribution in [0.15, 0.2) is 29.7 Å². The molecule has 0 aliphatic carbocycles. The molecule has 11 heteroatoms. The number of anilines is 1. The molecule has 0 aliphatic heterocycles. The molecule has 0 atom stereocenters. The minimum absolute atomic E-state index is 0.139. The van der Waals surface area contributed by atoms with Gasteiger partial charge in [0.1, 0.15) is 23.8 Å². The smallest absolute Gasteiger partial charge is 0.322 e. The lowest BCUT2D eigenvalue weighted by molar-refractivity contribution is -0.134. The number of benzene rings is 1. The molecule has 0 amide bonds. The maximum absolute atomic E-state index is 12.6. The largest absolute Gasteiger partial charge is 0.496 e. The van der Waals surface area contributed by atoms with Gasteiger partial charge in [-0.1, -0.05) is 0 Å². The molecule has 0 unspecified atom stereocenters. The summed E-state index contributed by atoms with van der Waals surface area (Å²) in [5, 5.41) is 12.5. The lowest BCUT2D eigenvalue weighted by atomic mass is 10.1. The Hall–Kier alpha value is -3.47. The van der Waals surface area contributed by atoms with Gasteiger partial charge in [-0.2, -0.15) is 0 Å². The first kappa shape index (κ1) is 23.8. The molecule has 1 aromatic carbocycles. The van der Waals surface area contributed by atoms with Gasteiger partial charge in [-0.3, -0.25) is 4.79 Å². The van der Waals surface area contributed by atoms with E-state index in [9.17, 15) is 13.2 Å². The Morgan fingerprint density at radius 1 is 1.03 bits per heavy atom. The van der Waals surface area contributed by atoms with Crippen LogP contribution < -0.4 is 24.3 Å². The van der Waals surface area contributed by atoms with Crippen LogP contribution in [0.2, 0.25) is 0 Å². The average Bonchev–Trinajstić information content (AvgIpc) is 2.75. The lowest BCUT2D eigenvalue weighted by Gasteiger charge is -2.12. The third kappa shape index (κ3) is 6.51. The first-order valence-corrected chi connectivity index (χ1v) is 10.6. The number of carboxylic acid groups (broad SMARTS) is 1. The molecule has 0 bridgehead atoms. The lowest BCUT2D eigenvalue weighted by Crippen LogP contribution is -2.15. The van der Waals surface area contributed by atoms with Gasteiger partial charge in [-0.25, -0.2) is 13.4 Å². The monoisotopic (exact) mass is 452 g/mol. The fourth-order valence-electron chi connectivity index (χ4n) is 2.64. The predicted molar refractivity (Wildman–Crippen MR) is 115 cm³/mol. The van der Waals surface area contributed by atoms with Crippen molar-refractivity contribution in [2.24, 2.45) is 0 Å². The van der Waals surface area contributed by atoms with Crippen molar-refractivity contribution < 1.29 is 37.3 Å². The number of carboxylic acids is 1. The minimum atomic E-state index is -3.74. The van der Waals surface area contributed by atoms with Crippen molar-refractivity contribution >= 4 is 27.7 Å². The molecule has 0 saturated heterocycles. The second-order valence-electron chi connectivity index (χ2n) is 6.16. The Balaban J connectivity index is 2.31. The summed E-state index contributed by atoms with van der Waals surface area (Å²) in [6, 6.07) is 6.23. The zero-order chi connectivity index (χ0) is 23.0. The number of pyridine rings is 1. The number of nitrogens with zero attached hydrogens (tertiary/aromatic N) is 1. The summed E-state index contributed by atoms with van der Waals surface area (Å²) < 4.78 is 46.2. The highest BCUT2D eigenvalue weighted by atomic mass is 32.2. The summed E-state index contributed by atoms with van der Waals surface area (Å²) in [7, 11) is 2.06. The van der Waals surface area contributed by atoms with Crippen molar-refractivity contribution in [1.29, 1.82) is 0 Å². The van der Waals surface area contributed by atoms with E-state index in [1.807, 2.05) is 0 Å². The van der Waals surface area contributed by atoms with Crippen molar-refractivity contribution in [3.05, 3.63) is 40.9 Å². The van der Waals surface area contributed by atoms with E-state index in [0.29, 0.717) is 28.6 Å². The molecule has 0 radical (unpaired) electrons. The summed E-state index contributed by atoms with van der Waals surface area (Å²) >= 11 is 0. The van der Waals surface area contributed by atoms with E-state index in [2.05, 4.69) is 10.3 Å². The molecule has 2 rings (SSSR count). The molecular weight excluding hydrogens is 428 g/mol. The fraction of sp³-hybridized carbons (Fsp3) is 0.300. The Kier molecular flexibility index (Phi) is 8.08. The number of rotatable bonds is 11. The van der Waals surface area contributed by atoms with Gasteiger partial charge in [-0.05, 0) is 18.2 Å². The van der Waals surface area contributed by atoms with Gasteiger partial charge in [0.2, 0.25) is 0 Å². The normalized spacial score (nSPS) is 11.2. The number of carbonyl (C=O) groups is 1. The summed E-state index contributed by atoms with van der Waals surface area (Å²) in [5.74, 6) is 0.196. The van der Waals surface area contributed by atoms with Crippen molar-refractivity contribution in [2.75, 3.05) is 40.3 Å². The topological polar surface area (TPSA) is 133 Å². The number of aliphatic carboxylic acids is 1. The van der Waals surface area contributed by atoms with E-state index >= 15 is 0 Å². The zero-order valence-electron chi connectivity index (χ0n) is 17.5. The molecule has 0 saturated carbocycles. The Labute approximate surface area is 180 Å². The number of hydrogen-bond donors (Lipinski definition) is 2. The molecule has 0 fully saturated rings. The zero-order valence-corrected chi connectivity index (χ0v) is 18.4. The number of methoxy groups -OCH3 is 4. The Morgan fingerprint density at radius 3 is 2.16 bits per heavy atom. The van der Waals surface area contributed by atoms with E-state index in [1.165, 1.54) is 46.6 Å². The predicted octanol–water partition coefficient (Wildman–Crippen LogP) is 2.20. The molecule has 1 aromatic heterocycles. The van der Waals surface area contributed by atoms with Crippen molar-refractivity contribution in [3.63, 3.8) is 0 Å². The number of nitrogens with one attached hydrogen (secondary N) is 1. The summed E-state index contributed by atoms with van der Waals surface area (Å²) in [6.45, 7) is -0.392. The number of aromatic nitrogens is 1. The third-order valence-electron chi connectivity index (χ3n) is 4.09. The first-order valence-electron chi connectivity index (χ1n) is 8.93. The van der Waals surface area contributed by atoms with Gasteiger partial charge < -0.3 is 29.4 Å². The number of ether oxygens (including phenoxy) is 4. The van der Waals surface area contributed by atoms with Crippen molar-refractivity contribution in [1.82, 2.24) is 4.98 Å². The van der Waals surface area contributed by atoms with E-state index in [0.717, 1.165) is 5.41 Å². The molecule has 0 spiro atoms. The molecule has 2 aromatic rings. The fourth-order valence-corrected chi connectivity index (χ4v) is 3.65. The maximum Gasteiger partial charge on any atom is 0.322 e. The molecule has 2 N–H and O–H groups in total. The van der Waals surface area contributed by atoms with Crippen LogP contribution in [0, 0.1) is 0 Å². The van der Waals surface area contributed by atoms with Gasteiger partial charge in [0.25, 0.3) is 0 Å². The minimum Gasteiger partial charge on any atom is -0.496 e. The van der Waals surface area contributed by atoms with Gasteiger partial charge in [0, 0.05) is 17.5 Å². The number of hydrogen-bond acceptors (Lipinski definition) is 9. The molecule has 168 valence electrons. The highest BCUT2D eigenvalue weighted by molar-refractivity contribution is 7.93. The molecule has 1 heterocycles. The van der Waals surface area contributed by atoms with E-state index in [1.54, 1.807) is 12.1 Å².